The van der Waals surface area contributed by atoms with Crippen LogP contribution in [0.3, 0.4) is 0 Å². The van der Waals surface area contributed by atoms with E-state index in [4.69, 9.17) is 0 Å². The van der Waals surface area contributed by atoms with Crippen molar-refractivity contribution >= 4 is 0 Å². The molecule has 0 aliphatic rings. The highest BCUT2D eigenvalue weighted by Crippen LogP contribution is 2.25. The van der Waals surface area contributed by atoms with Crippen LogP contribution in [0, 0.1) is 29.3 Å². The molecular formula is C26H21F3. The van der Waals surface area contributed by atoms with Gasteiger partial charge in [0, 0.05) is 16.7 Å². The highest BCUT2D eigenvalue weighted by Gasteiger charge is 2.09. The average molecular weight is 390 g/mol. The van der Waals surface area contributed by atoms with E-state index in [2.05, 4.69) is 30.6 Å². The monoisotopic (exact) mass is 390 g/mol. The Morgan fingerprint density at radius 1 is 0.724 bits per heavy atom. The molecule has 0 radical (unpaired) electrons. The summed E-state index contributed by atoms with van der Waals surface area (Å²) in [5.74, 6) is 3.48. The van der Waals surface area contributed by atoms with E-state index in [9.17, 15) is 13.2 Å². The van der Waals surface area contributed by atoms with Crippen molar-refractivity contribution in [1.29, 1.82) is 0 Å². The van der Waals surface area contributed by atoms with Crippen LogP contribution in [0.2, 0.25) is 0 Å². The lowest BCUT2D eigenvalue weighted by molar-refractivity contribution is 0.509. The average Bonchev–Trinajstić information content (AvgIpc) is 2.73. The molecule has 3 aromatic carbocycles. The second kappa shape index (κ2) is 9.80. The molecule has 3 aromatic rings. The third kappa shape index (κ3) is 5.62. The Morgan fingerprint density at radius 3 is 2.14 bits per heavy atom. The van der Waals surface area contributed by atoms with Gasteiger partial charge >= 0.3 is 0 Å². The van der Waals surface area contributed by atoms with Gasteiger partial charge in [-0.2, -0.15) is 0 Å². The van der Waals surface area contributed by atoms with Gasteiger partial charge in [0.25, 0.3) is 0 Å². The van der Waals surface area contributed by atoms with Crippen LogP contribution >= 0.6 is 0 Å². The minimum absolute atomic E-state index is 0.204. The lowest BCUT2D eigenvalue weighted by Crippen LogP contribution is -1.90. The van der Waals surface area contributed by atoms with Crippen LogP contribution in [-0.4, -0.2) is 0 Å². The van der Waals surface area contributed by atoms with Gasteiger partial charge in [0.2, 0.25) is 0 Å². The maximum atomic E-state index is 14.4. The highest BCUT2D eigenvalue weighted by molar-refractivity contribution is 5.65. The van der Waals surface area contributed by atoms with E-state index in [1.807, 2.05) is 18.2 Å². The molecule has 0 unspecified atom stereocenters. The van der Waals surface area contributed by atoms with E-state index in [0.717, 1.165) is 43.4 Å². The first-order valence-electron chi connectivity index (χ1n) is 9.53. The Labute approximate surface area is 169 Å². The van der Waals surface area contributed by atoms with E-state index >= 15 is 0 Å². The van der Waals surface area contributed by atoms with E-state index in [0.29, 0.717) is 5.56 Å². The van der Waals surface area contributed by atoms with Crippen LogP contribution < -0.4 is 0 Å². The second-order valence-corrected chi connectivity index (χ2v) is 6.80. The Bertz CT molecular complexity index is 1050. The summed E-state index contributed by atoms with van der Waals surface area (Å²) in [4.78, 5) is 0. The van der Waals surface area contributed by atoms with Gasteiger partial charge in [0.1, 0.15) is 5.82 Å². The Balaban J connectivity index is 1.70. The molecule has 0 amide bonds. The van der Waals surface area contributed by atoms with E-state index < -0.39 is 17.5 Å². The first kappa shape index (κ1) is 20.5. The molecule has 0 aliphatic carbocycles. The molecule has 0 fully saturated rings. The summed E-state index contributed by atoms with van der Waals surface area (Å²) >= 11 is 0. The molecule has 146 valence electrons. The van der Waals surface area contributed by atoms with Gasteiger partial charge in [-0.05, 0) is 73.2 Å². The second-order valence-electron chi connectivity index (χ2n) is 6.80. The maximum absolute atomic E-state index is 14.4. The summed E-state index contributed by atoms with van der Waals surface area (Å²) in [5.41, 5.74) is 3.12. The van der Waals surface area contributed by atoms with Crippen molar-refractivity contribution in [3.05, 3.63) is 107 Å². The van der Waals surface area contributed by atoms with Gasteiger partial charge in [-0.3, -0.25) is 0 Å². The number of halogens is 3. The van der Waals surface area contributed by atoms with Crippen molar-refractivity contribution in [2.75, 3.05) is 0 Å². The van der Waals surface area contributed by atoms with Crippen molar-refractivity contribution in [3.63, 3.8) is 0 Å². The molecule has 0 spiro atoms. The Morgan fingerprint density at radius 2 is 1.45 bits per heavy atom. The lowest BCUT2D eigenvalue weighted by Gasteiger charge is -2.05. The summed E-state index contributed by atoms with van der Waals surface area (Å²) < 4.78 is 40.9. The van der Waals surface area contributed by atoms with Gasteiger partial charge in [-0.15, -0.1) is 6.58 Å². The van der Waals surface area contributed by atoms with Crippen LogP contribution in [0.15, 0.2) is 73.3 Å². The zero-order chi connectivity index (χ0) is 20.6. The van der Waals surface area contributed by atoms with Crippen LogP contribution in [0.4, 0.5) is 13.2 Å². The first-order valence-corrected chi connectivity index (χ1v) is 9.53. The molecule has 0 aliphatic heterocycles. The SMILES string of the molecule is C=CCCCCc1ccc(C#Cc2ccc(-c3ccc(F)c(F)c3)c(F)c2)cc1. The quantitative estimate of drug-likeness (QED) is 0.240. The molecule has 3 heteroatoms. The largest absolute Gasteiger partial charge is 0.206 e. The third-order valence-electron chi connectivity index (χ3n) is 4.63. The molecular weight excluding hydrogens is 369 g/mol. The number of hydrogen-bond donors (Lipinski definition) is 0. The molecule has 29 heavy (non-hydrogen) atoms. The molecule has 0 heterocycles. The summed E-state index contributed by atoms with van der Waals surface area (Å²) in [6.45, 7) is 3.73. The first-order chi connectivity index (χ1) is 14.1. The molecule has 0 nitrogen and oxygen atoms in total. The van der Waals surface area contributed by atoms with Gasteiger partial charge in [0.05, 0.1) is 0 Å². The Hall–Kier alpha value is -3.25. The number of rotatable bonds is 6. The van der Waals surface area contributed by atoms with Crippen LogP contribution in [0.5, 0.6) is 0 Å². The number of benzene rings is 3. The van der Waals surface area contributed by atoms with Crippen molar-refractivity contribution in [2.24, 2.45) is 0 Å². The predicted octanol–water partition coefficient (Wildman–Crippen LogP) is 7.07. The summed E-state index contributed by atoms with van der Waals surface area (Å²) in [6.07, 6.45) is 6.26. The topological polar surface area (TPSA) is 0 Å². The zero-order valence-corrected chi connectivity index (χ0v) is 16.0. The fourth-order valence-corrected chi connectivity index (χ4v) is 3.01. The number of aryl methyl sites for hydroxylation is 1. The van der Waals surface area contributed by atoms with Crippen molar-refractivity contribution in [1.82, 2.24) is 0 Å². The van der Waals surface area contributed by atoms with Crippen molar-refractivity contribution in [3.8, 4) is 23.0 Å². The fraction of sp³-hybridized carbons (Fsp3) is 0.154. The van der Waals surface area contributed by atoms with Crippen molar-refractivity contribution < 1.29 is 13.2 Å². The minimum Gasteiger partial charge on any atom is -0.206 e. The summed E-state index contributed by atoms with van der Waals surface area (Å²) in [5, 5.41) is 0. The maximum Gasteiger partial charge on any atom is 0.159 e. The molecule has 0 aromatic heterocycles. The standard InChI is InChI=1S/C26H21F3/c1-2-3-4-5-6-19-7-9-20(10-8-19)11-12-21-13-15-23(25(28)17-21)22-14-16-24(27)26(29)18-22/h2,7-10,13-18H,1,3-6H2. The van der Waals surface area contributed by atoms with Gasteiger partial charge < -0.3 is 0 Å². The summed E-state index contributed by atoms with van der Waals surface area (Å²) in [7, 11) is 0. The molecule has 0 saturated heterocycles. The van der Waals surface area contributed by atoms with Crippen LogP contribution in [-0.2, 0) is 6.42 Å². The van der Waals surface area contributed by atoms with E-state index in [-0.39, 0.29) is 11.1 Å². The number of allylic oxidation sites excluding steroid dienone is 1. The molecule has 3 rings (SSSR count). The third-order valence-corrected chi connectivity index (χ3v) is 4.63. The van der Waals surface area contributed by atoms with Gasteiger partial charge in [-0.1, -0.05) is 42.2 Å². The van der Waals surface area contributed by atoms with E-state index in [1.54, 1.807) is 6.07 Å². The molecule has 0 N–H and O–H groups in total. The predicted molar refractivity (Wildman–Crippen MR) is 112 cm³/mol. The molecule has 0 bridgehead atoms. The molecule has 0 atom stereocenters. The normalized spacial score (nSPS) is 10.3. The fourth-order valence-electron chi connectivity index (χ4n) is 3.01. The summed E-state index contributed by atoms with van der Waals surface area (Å²) in [6, 6.07) is 15.9. The van der Waals surface area contributed by atoms with Gasteiger partial charge in [-0.25, -0.2) is 13.2 Å². The highest BCUT2D eigenvalue weighted by atomic mass is 19.2. The molecule has 0 saturated carbocycles. The van der Waals surface area contributed by atoms with E-state index in [1.165, 1.54) is 23.8 Å². The van der Waals surface area contributed by atoms with Crippen molar-refractivity contribution in [2.45, 2.75) is 25.7 Å². The van der Waals surface area contributed by atoms with Crippen LogP contribution in [0.1, 0.15) is 36.0 Å². The smallest absolute Gasteiger partial charge is 0.159 e. The number of unbranched alkanes of at least 4 members (excludes halogenated alkanes) is 2. The van der Waals surface area contributed by atoms with Crippen LogP contribution in [0.25, 0.3) is 11.1 Å². The lowest BCUT2D eigenvalue weighted by atomic mass is 10.0. The Kier molecular flexibility index (Phi) is 6.92. The number of hydrogen-bond acceptors (Lipinski definition) is 0. The minimum atomic E-state index is -1.00. The zero-order valence-electron chi connectivity index (χ0n) is 16.0. The van der Waals surface area contributed by atoms with Gasteiger partial charge in [0.15, 0.2) is 11.6 Å².